The van der Waals surface area contributed by atoms with Crippen LogP contribution >= 0.6 is 0 Å². The molecular weight excluding hydrogens is 462 g/mol. The highest BCUT2D eigenvalue weighted by atomic mass is 19.1. The van der Waals surface area contributed by atoms with E-state index in [0.29, 0.717) is 61.1 Å². The predicted molar refractivity (Wildman–Crippen MR) is 133 cm³/mol. The van der Waals surface area contributed by atoms with E-state index >= 15 is 0 Å². The first-order valence-electron chi connectivity index (χ1n) is 11.8. The van der Waals surface area contributed by atoms with Crippen LogP contribution in [-0.2, 0) is 0 Å². The quantitative estimate of drug-likeness (QED) is 0.375. The molecule has 0 saturated carbocycles. The summed E-state index contributed by atoms with van der Waals surface area (Å²) in [5.74, 6) is -0.0772. The second kappa shape index (κ2) is 8.99. The standard InChI is InChI=1S/C27H22F2N6O/c28-19-8-5-7-18(17-19)26(36)33-13-6-14-34(16-15-33)27-30-23-12-4-2-10-21(23)25-32-31-24(35(25)27)20-9-1-3-11-22(20)29/h1-5,7-12,17H,6,13-16H2. The molecule has 3 aromatic carbocycles. The maximum atomic E-state index is 14.8. The monoisotopic (exact) mass is 484 g/mol. The molecule has 2 aromatic heterocycles. The number of amides is 1. The fraction of sp³-hybridized carbons (Fsp3) is 0.185. The minimum Gasteiger partial charge on any atom is -0.340 e. The summed E-state index contributed by atoms with van der Waals surface area (Å²) in [7, 11) is 0. The van der Waals surface area contributed by atoms with E-state index in [9.17, 15) is 13.6 Å². The lowest BCUT2D eigenvalue weighted by atomic mass is 10.2. The first-order chi connectivity index (χ1) is 17.6. The van der Waals surface area contributed by atoms with Crippen molar-refractivity contribution >= 4 is 28.4 Å². The third-order valence-corrected chi connectivity index (χ3v) is 6.48. The number of anilines is 1. The zero-order chi connectivity index (χ0) is 24.6. The molecular formula is C27H22F2N6O. The molecule has 1 aliphatic heterocycles. The molecule has 1 fully saturated rings. The molecule has 0 bridgehead atoms. The summed E-state index contributed by atoms with van der Waals surface area (Å²) in [4.78, 5) is 21.8. The van der Waals surface area contributed by atoms with Gasteiger partial charge in [0.2, 0.25) is 5.95 Å². The van der Waals surface area contributed by atoms with Gasteiger partial charge < -0.3 is 9.80 Å². The van der Waals surface area contributed by atoms with E-state index in [4.69, 9.17) is 4.98 Å². The van der Waals surface area contributed by atoms with Crippen molar-refractivity contribution in [1.29, 1.82) is 0 Å². The van der Waals surface area contributed by atoms with E-state index < -0.39 is 11.6 Å². The van der Waals surface area contributed by atoms with E-state index in [1.165, 1.54) is 18.2 Å². The molecule has 0 radical (unpaired) electrons. The molecule has 36 heavy (non-hydrogen) atoms. The number of halogens is 2. The van der Waals surface area contributed by atoms with E-state index in [2.05, 4.69) is 15.1 Å². The summed E-state index contributed by atoms with van der Waals surface area (Å²) in [6.07, 6.45) is 0.689. The average molecular weight is 485 g/mol. The molecule has 0 N–H and O–H groups in total. The number of rotatable bonds is 3. The number of benzene rings is 3. The number of carbonyl (C=O) groups is 1. The van der Waals surface area contributed by atoms with Gasteiger partial charge in [-0.25, -0.2) is 18.2 Å². The van der Waals surface area contributed by atoms with Gasteiger partial charge in [0.15, 0.2) is 11.5 Å². The second-order valence-electron chi connectivity index (χ2n) is 8.73. The predicted octanol–water partition coefficient (Wildman–Crippen LogP) is 4.58. The Morgan fingerprint density at radius 2 is 1.67 bits per heavy atom. The smallest absolute Gasteiger partial charge is 0.254 e. The lowest BCUT2D eigenvalue weighted by Gasteiger charge is -2.24. The van der Waals surface area contributed by atoms with Crippen molar-refractivity contribution in [2.24, 2.45) is 0 Å². The molecule has 1 aliphatic rings. The molecule has 5 aromatic rings. The van der Waals surface area contributed by atoms with E-state index in [1.54, 1.807) is 39.6 Å². The number of fused-ring (bicyclic) bond motifs is 3. The molecule has 1 amide bonds. The van der Waals surface area contributed by atoms with Crippen LogP contribution < -0.4 is 4.90 Å². The SMILES string of the molecule is O=C(c1cccc(F)c1)N1CCCN(c2nc3ccccc3c3nnc(-c4ccccc4F)n23)CC1. The summed E-state index contributed by atoms with van der Waals surface area (Å²) >= 11 is 0. The van der Waals surface area contributed by atoms with Gasteiger partial charge in [-0.15, -0.1) is 10.2 Å². The van der Waals surface area contributed by atoms with Crippen LogP contribution in [0.25, 0.3) is 27.9 Å². The van der Waals surface area contributed by atoms with Crippen molar-refractivity contribution in [3.8, 4) is 11.4 Å². The third-order valence-electron chi connectivity index (χ3n) is 6.48. The average Bonchev–Trinajstić information content (AvgIpc) is 3.19. The summed E-state index contributed by atoms with van der Waals surface area (Å²) in [5, 5.41) is 9.58. The lowest BCUT2D eigenvalue weighted by molar-refractivity contribution is 0.0766. The Kier molecular flexibility index (Phi) is 5.52. The first-order valence-corrected chi connectivity index (χ1v) is 11.8. The van der Waals surface area contributed by atoms with Crippen LogP contribution in [0.15, 0.2) is 72.8 Å². The normalized spacial score (nSPS) is 14.4. The van der Waals surface area contributed by atoms with Crippen LogP contribution in [0.3, 0.4) is 0 Å². The van der Waals surface area contributed by atoms with Crippen molar-refractivity contribution in [1.82, 2.24) is 24.5 Å². The van der Waals surface area contributed by atoms with Gasteiger partial charge in [-0.3, -0.25) is 4.79 Å². The highest BCUT2D eigenvalue weighted by Crippen LogP contribution is 2.30. The zero-order valence-electron chi connectivity index (χ0n) is 19.3. The van der Waals surface area contributed by atoms with Crippen molar-refractivity contribution in [3.05, 3.63) is 90.0 Å². The minimum atomic E-state index is -0.437. The number of aromatic nitrogens is 4. The number of carbonyl (C=O) groups excluding carboxylic acids is 1. The van der Waals surface area contributed by atoms with Gasteiger partial charge in [-0.05, 0) is 48.9 Å². The summed E-state index contributed by atoms with van der Waals surface area (Å²) in [5.41, 5.74) is 2.01. The molecule has 180 valence electrons. The summed E-state index contributed by atoms with van der Waals surface area (Å²) < 4.78 is 30.3. The van der Waals surface area contributed by atoms with Crippen LogP contribution in [0.4, 0.5) is 14.7 Å². The summed E-state index contributed by atoms with van der Waals surface area (Å²) in [6, 6.07) is 19.9. The van der Waals surface area contributed by atoms with Gasteiger partial charge in [-0.1, -0.05) is 30.3 Å². The summed E-state index contributed by atoms with van der Waals surface area (Å²) in [6.45, 7) is 2.09. The van der Waals surface area contributed by atoms with Crippen molar-refractivity contribution in [2.45, 2.75) is 6.42 Å². The van der Waals surface area contributed by atoms with Crippen LogP contribution in [0.1, 0.15) is 16.8 Å². The molecule has 9 heteroatoms. The maximum absolute atomic E-state index is 14.8. The Hall–Kier alpha value is -4.40. The lowest BCUT2D eigenvalue weighted by Crippen LogP contribution is -2.36. The van der Waals surface area contributed by atoms with Crippen LogP contribution in [0.2, 0.25) is 0 Å². The topological polar surface area (TPSA) is 66.6 Å². The third kappa shape index (κ3) is 3.82. The molecule has 0 aliphatic carbocycles. The molecule has 6 rings (SSSR count). The van der Waals surface area contributed by atoms with Crippen molar-refractivity contribution in [2.75, 3.05) is 31.1 Å². The number of hydrogen-bond donors (Lipinski definition) is 0. The maximum Gasteiger partial charge on any atom is 0.254 e. The molecule has 3 heterocycles. The molecule has 0 spiro atoms. The molecule has 1 saturated heterocycles. The van der Waals surface area contributed by atoms with E-state index in [-0.39, 0.29) is 5.91 Å². The first kappa shape index (κ1) is 22.1. The Morgan fingerprint density at radius 3 is 2.53 bits per heavy atom. The van der Waals surface area contributed by atoms with Crippen LogP contribution in [0.5, 0.6) is 0 Å². The Balaban J connectivity index is 1.41. The van der Waals surface area contributed by atoms with Crippen molar-refractivity contribution in [3.63, 3.8) is 0 Å². The molecule has 0 unspecified atom stereocenters. The zero-order valence-corrected chi connectivity index (χ0v) is 19.3. The Labute approximate surface area is 205 Å². The Morgan fingerprint density at radius 1 is 0.833 bits per heavy atom. The minimum absolute atomic E-state index is 0.204. The van der Waals surface area contributed by atoms with Crippen LogP contribution in [-0.4, -0.2) is 56.6 Å². The molecule has 7 nitrogen and oxygen atoms in total. The van der Waals surface area contributed by atoms with E-state index in [0.717, 1.165) is 10.9 Å². The van der Waals surface area contributed by atoms with Gasteiger partial charge in [0, 0.05) is 37.1 Å². The van der Waals surface area contributed by atoms with E-state index in [1.807, 2.05) is 24.3 Å². The van der Waals surface area contributed by atoms with Gasteiger partial charge in [-0.2, -0.15) is 0 Å². The highest BCUT2D eigenvalue weighted by Gasteiger charge is 2.25. The highest BCUT2D eigenvalue weighted by molar-refractivity contribution is 5.95. The molecule has 0 atom stereocenters. The van der Waals surface area contributed by atoms with Gasteiger partial charge in [0.1, 0.15) is 11.6 Å². The van der Waals surface area contributed by atoms with Crippen LogP contribution in [0, 0.1) is 11.6 Å². The largest absolute Gasteiger partial charge is 0.340 e. The number of nitrogens with zero attached hydrogens (tertiary/aromatic N) is 6. The second-order valence-corrected chi connectivity index (χ2v) is 8.73. The Bertz CT molecular complexity index is 1600. The van der Waals surface area contributed by atoms with Gasteiger partial charge in [0.05, 0.1) is 11.1 Å². The fourth-order valence-electron chi connectivity index (χ4n) is 4.72. The fourth-order valence-corrected chi connectivity index (χ4v) is 4.72. The van der Waals surface area contributed by atoms with Crippen molar-refractivity contribution < 1.29 is 13.6 Å². The number of para-hydroxylation sites is 1. The van der Waals surface area contributed by atoms with Gasteiger partial charge in [0.25, 0.3) is 5.91 Å². The van der Waals surface area contributed by atoms with Gasteiger partial charge >= 0.3 is 0 Å². The number of hydrogen-bond acceptors (Lipinski definition) is 5.